The number of aryl methyl sites for hydroxylation is 2. The third kappa shape index (κ3) is 4.11. The summed E-state index contributed by atoms with van der Waals surface area (Å²) in [4.78, 5) is 0. The average molecular weight is 277 g/mol. The summed E-state index contributed by atoms with van der Waals surface area (Å²) in [7, 11) is 0. The number of anilines is 1. The Balaban J connectivity index is 0.000000204. The Kier molecular flexibility index (Phi) is 5.80. The molecule has 2 aromatic heterocycles. The van der Waals surface area contributed by atoms with Gasteiger partial charge < -0.3 is 5.73 Å². The predicted octanol–water partition coefficient (Wildman–Crippen LogP) is 3.09. The number of aromatic amines is 2. The van der Waals surface area contributed by atoms with Crippen molar-refractivity contribution >= 4 is 5.82 Å². The molecule has 0 aliphatic rings. The van der Waals surface area contributed by atoms with E-state index in [1.165, 1.54) is 17.0 Å². The molecule has 0 saturated heterocycles. The number of nitrogens with two attached hydrogens (primary N) is 1. The van der Waals surface area contributed by atoms with Gasteiger partial charge in [0.25, 0.3) is 0 Å². The second-order valence-corrected chi connectivity index (χ2v) is 5.58. The Morgan fingerprint density at radius 3 is 2.00 bits per heavy atom. The monoisotopic (exact) mass is 277 g/mol. The van der Waals surface area contributed by atoms with E-state index in [0.717, 1.165) is 24.1 Å². The zero-order valence-corrected chi connectivity index (χ0v) is 13.5. The van der Waals surface area contributed by atoms with E-state index in [9.17, 15) is 0 Å². The van der Waals surface area contributed by atoms with Crippen molar-refractivity contribution in [1.29, 1.82) is 0 Å². The largest absolute Gasteiger partial charge is 0.382 e. The van der Waals surface area contributed by atoms with E-state index in [1.807, 2.05) is 13.8 Å². The molecule has 0 bridgehead atoms. The van der Waals surface area contributed by atoms with Crippen LogP contribution in [-0.4, -0.2) is 20.4 Å². The fourth-order valence-electron chi connectivity index (χ4n) is 1.94. The highest BCUT2D eigenvalue weighted by Gasteiger charge is 2.06. The standard InChI is InChI=1S/C8H15N3.C7H12N2/c1-5(2)4-7-6(3)8(9)11-10-7;1-4-7-5(2)6(3)8-9-7/h5H,4H2,1-3H3,(H3,9,10,11);4H2,1-3H3,(H,8,9). The quantitative estimate of drug-likeness (QED) is 0.806. The molecule has 2 heterocycles. The fourth-order valence-corrected chi connectivity index (χ4v) is 1.94. The van der Waals surface area contributed by atoms with Crippen LogP contribution in [0.3, 0.4) is 0 Å². The molecule has 0 fully saturated rings. The van der Waals surface area contributed by atoms with E-state index in [1.54, 1.807) is 0 Å². The van der Waals surface area contributed by atoms with Crippen LogP contribution in [0.25, 0.3) is 0 Å². The maximum atomic E-state index is 5.57. The normalized spacial score (nSPS) is 10.6. The van der Waals surface area contributed by atoms with Crippen molar-refractivity contribution < 1.29 is 0 Å². The lowest BCUT2D eigenvalue weighted by Crippen LogP contribution is -1.96. The van der Waals surface area contributed by atoms with Gasteiger partial charge in [-0.25, -0.2) is 0 Å². The van der Waals surface area contributed by atoms with Gasteiger partial charge in [0.2, 0.25) is 0 Å². The van der Waals surface area contributed by atoms with Crippen molar-refractivity contribution in [3.63, 3.8) is 0 Å². The molecule has 112 valence electrons. The maximum absolute atomic E-state index is 5.57. The van der Waals surface area contributed by atoms with Gasteiger partial charge in [0, 0.05) is 17.0 Å². The first-order valence-corrected chi connectivity index (χ1v) is 7.16. The second kappa shape index (κ2) is 7.12. The number of aromatic nitrogens is 4. The van der Waals surface area contributed by atoms with Gasteiger partial charge in [-0.15, -0.1) is 0 Å². The fraction of sp³-hybridized carbons (Fsp3) is 0.600. The van der Waals surface area contributed by atoms with E-state index < -0.39 is 0 Å². The number of nitrogen functional groups attached to an aromatic ring is 1. The van der Waals surface area contributed by atoms with Crippen LogP contribution in [0.4, 0.5) is 5.82 Å². The molecule has 0 unspecified atom stereocenters. The van der Waals surface area contributed by atoms with Crippen molar-refractivity contribution in [3.05, 3.63) is 28.2 Å². The van der Waals surface area contributed by atoms with Crippen LogP contribution in [-0.2, 0) is 12.8 Å². The van der Waals surface area contributed by atoms with Crippen molar-refractivity contribution in [3.8, 4) is 0 Å². The molecule has 0 aromatic carbocycles. The molecule has 5 heteroatoms. The molecule has 5 nitrogen and oxygen atoms in total. The third-order valence-electron chi connectivity index (χ3n) is 3.45. The van der Waals surface area contributed by atoms with E-state index >= 15 is 0 Å². The Labute approximate surface area is 121 Å². The van der Waals surface area contributed by atoms with Gasteiger partial charge in [-0.3, -0.25) is 10.2 Å². The molecule has 20 heavy (non-hydrogen) atoms. The molecule has 0 spiro atoms. The third-order valence-corrected chi connectivity index (χ3v) is 3.45. The summed E-state index contributed by atoms with van der Waals surface area (Å²) in [6.07, 6.45) is 2.05. The van der Waals surface area contributed by atoms with Crippen LogP contribution in [0.15, 0.2) is 0 Å². The Morgan fingerprint density at radius 2 is 1.70 bits per heavy atom. The van der Waals surface area contributed by atoms with Crippen LogP contribution in [0.2, 0.25) is 0 Å². The summed E-state index contributed by atoms with van der Waals surface area (Å²) in [5.41, 5.74) is 11.5. The topological polar surface area (TPSA) is 83.4 Å². The number of rotatable bonds is 3. The minimum atomic E-state index is 0.626. The van der Waals surface area contributed by atoms with Crippen LogP contribution in [0.5, 0.6) is 0 Å². The number of hydrogen-bond donors (Lipinski definition) is 3. The highest BCUT2D eigenvalue weighted by atomic mass is 15.2. The predicted molar refractivity (Wildman–Crippen MR) is 83.7 cm³/mol. The lowest BCUT2D eigenvalue weighted by Gasteiger charge is -2.01. The maximum Gasteiger partial charge on any atom is 0.148 e. The molecule has 0 saturated carbocycles. The molecule has 0 amide bonds. The summed E-state index contributed by atoms with van der Waals surface area (Å²) in [6, 6.07) is 0. The summed E-state index contributed by atoms with van der Waals surface area (Å²) in [5.74, 6) is 1.27. The summed E-state index contributed by atoms with van der Waals surface area (Å²) in [5, 5.41) is 13.9. The molecule has 2 rings (SSSR count). The van der Waals surface area contributed by atoms with Crippen molar-refractivity contribution in [2.45, 2.75) is 54.4 Å². The zero-order chi connectivity index (χ0) is 15.3. The Hall–Kier alpha value is -1.78. The number of nitrogens with zero attached hydrogens (tertiary/aromatic N) is 2. The first-order chi connectivity index (χ1) is 9.36. The first-order valence-electron chi connectivity index (χ1n) is 7.16. The van der Waals surface area contributed by atoms with Crippen LogP contribution in [0.1, 0.15) is 49.0 Å². The van der Waals surface area contributed by atoms with Gasteiger partial charge >= 0.3 is 0 Å². The van der Waals surface area contributed by atoms with Crippen LogP contribution >= 0.6 is 0 Å². The average Bonchev–Trinajstić information content (AvgIpc) is 2.88. The van der Waals surface area contributed by atoms with E-state index in [4.69, 9.17) is 5.73 Å². The smallest absolute Gasteiger partial charge is 0.148 e. The summed E-state index contributed by atoms with van der Waals surface area (Å²) >= 11 is 0. The van der Waals surface area contributed by atoms with Gasteiger partial charge in [0.1, 0.15) is 5.82 Å². The molecular formula is C15H27N5. The van der Waals surface area contributed by atoms with Gasteiger partial charge in [0.15, 0.2) is 0 Å². The highest BCUT2D eigenvalue weighted by Crippen LogP contribution is 2.14. The van der Waals surface area contributed by atoms with Crippen molar-refractivity contribution in [2.24, 2.45) is 5.92 Å². The Morgan fingerprint density at radius 1 is 1.05 bits per heavy atom. The molecule has 0 atom stereocenters. The molecular weight excluding hydrogens is 250 g/mol. The molecule has 0 aliphatic heterocycles. The van der Waals surface area contributed by atoms with Crippen LogP contribution in [0, 0.1) is 26.7 Å². The first kappa shape index (κ1) is 16.3. The number of H-pyrrole nitrogens is 2. The highest BCUT2D eigenvalue weighted by molar-refractivity contribution is 5.40. The minimum Gasteiger partial charge on any atom is -0.382 e. The second-order valence-electron chi connectivity index (χ2n) is 5.58. The van der Waals surface area contributed by atoms with E-state index in [-0.39, 0.29) is 0 Å². The number of nitrogens with one attached hydrogen (secondary N) is 2. The van der Waals surface area contributed by atoms with Crippen molar-refractivity contribution in [2.75, 3.05) is 5.73 Å². The molecule has 4 N–H and O–H groups in total. The molecule has 2 aromatic rings. The summed E-state index contributed by atoms with van der Waals surface area (Å²) < 4.78 is 0. The SMILES string of the molecule is CCc1n[nH]c(C)c1C.Cc1c(N)n[nH]c1CC(C)C. The molecule has 0 aliphatic carbocycles. The van der Waals surface area contributed by atoms with Gasteiger partial charge in [-0.2, -0.15) is 10.2 Å². The van der Waals surface area contributed by atoms with Gasteiger partial charge in [-0.05, 0) is 45.1 Å². The summed E-state index contributed by atoms with van der Waals surface area (Å²) in [6.45, 7) is 12.6. The van der Waals surface area contributed by atoms with Crippen LogP contribution < -0.4 is 5.73 Å². The van der Waals surface area contributed by atoms with Gasteiger partial charge in [0.05, 0.1) is 5.69 Å². The van der Waals surface area contributed by atoms with E-state index in [2.05, 4.69) is 48.1 Å². The van der Waals surface area contributed by atoms with Crippen molar-refractivity contribution in [1.82, 2.24) is 20.4 Å². The van der Waals surface area contributed by atoms with Gasteiger partial charge in [-0.1, -0.05) is 20.8 Å². The Bertz CT molecular complexity index is 536. The lowest BCUT2D eigenvalue weighted by molar-refractivity contribution is 0.631. The van der Waals surface area contributed by atoms with E-state index in [0.29, 0.717) is 11.7 Å². The minimum absolute atomic E-state index is 0.626. The zero-order valence-electron chi connectivity index (χ0n) is 13.5. The number of hydrogen-bond acceptors (Lipinski definition) is 3. The lowest BCUT2D eigenvalue weighted by atomic mass is 10.1. The molecule has 0 radical (unpaired) electrons.